The minimum absolute atomic E-state index is 0.0535. The number of hydrogen-bond donors (Lipinski definition) is 4. The molecule has 2 saturated heterocycles. The van der Waals surface area contributed by atoms with Crippen molar-refractivity contribution in [2.75, 3.05) is 19.6 Å². The van der Waals surface area contributed by atoms with Crippen LogP contribution in [0.15, 0.2) is 0 Å². The van der Waals surface area contributed by atoms with Crippen molar-refractivity contribution in [3.8, 4) is 0 Å². The summed E-state index contributed by atoms with van der Waals surface area (Å²) < 4.78 is 44.5. The van der Waals surface area contributed by atoms with E-state index < -0.39 is 74.5 Å². The summed E-state index contributed by atoms with van der Waals surface area (Å²) in [5.74, 6) is -3.74. The minimum Gasteiger partial charge on any atom is -0.746 e. The van der Waals surface area contributed by atoms with Crippen LogP contribution in [0.5, 0.6) is 0 Å². The average molecular weight is 592 g/mol. The van der Waals surface area contributed by atoms with Crippen LogP contribution in [0.1, 0.15) is 60.8 Å². The third-order valence-corrected chi connectivity index (χ3v) is 7.00. The van der Waals surface area contributed by atoms with Crippen LogP contribution >= 0.6 is 0 Å². The van der Waals surface area contributed by atoms with E-state index in [1.54, 1.807) is 41.5 Å². The number of carbonyl (C=O) groups is 5. The third-order valence-electron chi connectivity index (χ3n) is 6.22. The van der Waals surface area contributed by atoms with Crippen LogP contribution in [0.4, 0.5) is 9.59 Å². The minimum atomic E-state index is -5.45. The first kappa shape index (κ1) is 33.2. The molecule has 16 heteroatoms. The topological polar surface area (TPSA) is 221 Å². The molecule has 228 valence electrons. The molecule has 15 nitrogen and oxygen atoms in total. The molecule has 4 atom stereocenters. The number of Topliss-reactive ketones (excluding diaryl/α,β-unsaturated/α-hetero) is 1. The maximum Gasteiger partial charge on any atom is 0.410 e. The van der Waals surface area contributed by atoms with Crippen LogP contribution in [-0.4, -0.2) is 101 Å². The summed E-state index contributed by atoms with van der Waals surface area (Å²) >= 11 is 0. The molecule has 0 bridgehead atoms. The molecule has 0 aromatic heterocycles. The number of amides is 4. The lowest BCUT2D eigenvalue weighted by molar-refractivity contribution is -0.133. The summed E-state index contributed by atoms with van der Waals surface area (Å²) in [6, 6.07) is -2.95. The van der Waals surface area contributed by atoms with E-state index in [1.165, 1.54) is 4.90 Å². The zero-order chi connectivity index (χ0) is 30.6. The molecule has 0 radical (unpaired) electrons. The number of ketones is 1. The molecule has 2 rings (SSSR count). The molecule has 4 N–H and O–H groups in total. The Morgan fingerprint density at radius 2 is 1.77 bits per heavy atom. The van der Waals surface area contributed by atoms with E-state index in [1.807, 2.05) is 0 Å². The molecule has 2 aliphatic heterocycles. The van der Waals surface area contributed by atoms with E-state index >= 15 is 0 Å². The van der Waals surface area contributed by atoms with Crippen molar-refractivity contribution < 1.29 is 51.5 Å². The van der Waals surface area contributed by atoms with Gasteiger partial charge >= 0.3 is 12.2 Å². The van der Waals surface area contributed by atoms with Gasteiger partial charge in [-0.2, -0.15) is 0 Å². The number of alkyl carbamates (subject to hydrolysis) is 1. The molecule has 0 aromatic rings. The highest BCUT2D eigenvalue weighted by molar-refractivity contribution is 7.87. The molecule has 2 aliphatic rings. The van der Waals surface area contributed by atoms with Gasteiger partial charge in [0.25, 0.3) is 0 Å². The summed E-state index contributed by atoms with van der Waals surface area (Å²) in [7, 11) is -5.45. The van der Waals surface area contributed by atoms with E-state index in [2.05, 4.69) is 16.0 Å². The number of aliphatic hydroxyl groups excluding tert-OH is 1. The highest BCUT2D eigenvalue weighted by Crippen LogP contribution is 2.27. The zero-order valence-electron chi connectivity index (χ0n) is 23.5. The number of likely N-dealkylation sites (tertiary alicyclic amines) is 1. The average Bonchev–Trinajstić information content (AvgIpc) is 3.17. The van der Waals surface area contributed by atoms with Gasteiger partial charge in [0.2, 0.25) is 17.3 Å². The summed E-state index contributed by atoms with van der Waals surface area (Å²) in [5.41, 5.74) is -4.70. The van der Waals surface area contributed by atoms with Crippen molar-refractivity contribution in [1.82, 2.24) is 20.9 Å². The molecule has 0 aliphatic carbocycles. The predicted molar refractivity (Wildman–Crippen MR) is 137 cm³/mol. The van der Waals surface area contributed by atoms with Crippen LogP contribution in [-0.2, 0) is 34.0 Å². The summed E-state index contributed by atoms with van der Waals surface area (Å²) in [4.78, 5) is 64.1. The molecule has 40 heavy (non-hydrogen) atoms. The molecule has 0 spiro atoms. The normalized spacial score (nSPS) is 21.0. The molecule has 1 unspecified atom stereocenters. The van der Waals surface area contributed by atoms with Crippen LogP contribution in [0.25, 0.3) is 0 Å². The van der Waals surface area contributed by atoms with Crippen molar-refractivity contribution in [2.24, 2.45) is 11.8 Å². The third kappa shape index (κ3) is 9.59. The second-order valence-electron chi connectivity index (χ2n) is 11.8. The van der Waals surface area contributed by atoms with E-state index in [4.69, 9.17) is 9.47 Å². The van der Waals surface area contributed by atoms with Crippen LogP contribution < -0.4 is 16.0 Å². The number of hydrogen-bond acceptors (Lipinski definition) is 11. The molecule has 2 fully saturated rings. The Kier molecular flexibility index (Phi) is 10.5. The number of rotatable bonds is 11. The molecule has 2 heterocycles. The maximum atomic E-state index is 13.2. The summed E-state index contributed by atoms with van der Waals surface area (Å²) in [6.07, 6.45) is -1.54. The zero-order valence-corrected chi connectivity index (χ0v) is 24.3. The van der Waals surface area contributed by atoms with Gasteiger partial charge in [-0.15, -0.1) is 0 Å². The smallest absolute Gasteiger partial charge is 0.410 e. The maximum absolute atomic E-state index is 13.2. The van der Waals surface area contributed by atoms with Crippen molar-refractivity contribution in [2.45, 2.75) is 89.5 Å². The number of nitrogens with one attached hydrogen (secondary N) is 3. The van der Waals surface area contributed by atoms with Crippen LogP contribution in [0.3, 0.4) is 0 Å². The molecular weight excluding hydrogens is 552 g/mol. The standard InChI is InChI=1S/C24H40N4O11S/c1-13(2)9-16(27-21(33)38-24(6)11-28(12-24)22(34)39-23(3,4)5)19(31)26-15(10-14-7-8-25-18(14)30)17(29)20(32)40(35,36)37/h13-16,20,32H,7-12H2,1-6H3,(H,25,30)(H,26,31)(H,27,33)(H,35,36,37)/p-1/t14-,15+,16+,20?/m1/s1. The first-order chi connectivity index (χ1) is 18.2. The highest BCUT2D eigenvalue weighted by Gasteiger charge is 2.46. The summed E-state index contributed by atoms with van der Waals surface area (Å²) in [5, 5.41) is 17.0. The Balaban J connectivity index is 2.10. The predicted octanol–water partition coefficient (Wildman–Crippen LogP) is -0.420. The fraction of sp³-hybridized carbons (Fsp3) is 0.792. The Bertz CT molecular complexity index is 1100. The molecule has 4 amide bonds. The van der Waals surface area contributed by atoms with E-state index in [0.717, 1.165) is 0 Å². The first-order valence-corrected chi connectivity index (χ1v) is 14.4. The van der Waals surface area contributed by atoms with Crippen molar-refractivity contribution in [3.63, 3.8) is 0 Å². The lowest BCUT2D eigenvalue weighted by atomic mass is 9.95. The van der Waals surface area contributed by atoms with Crippen molar-refractivity contribution >= 4 is 39.9 Å². The second kappa shape index (κ2) is 12.7. The lowest BCUT2D eigenvalue weighted by Gasteiger charge is -2.46. The van der Waals surface area contributed by atoms with Gasteiger partial charge in [-0.25, -0.2) is 18.0 Å². The second-order valence-corrected chi connectivity index (χ2v) is 13.3. The monoisotopic (exact) mass is 591 g/mol. The highest BCUT2D eigenvalue weighted by atomic mass is 32.2. The Hall–Kier alpha value is -2.98. The van der Waals surface area contributed by atoms with Gasteiger partial charge in [0.1, 0.15) is 27.4 Å². The Morgan fingerprint density at radius 3 is 2.25 bits per heavy atom. The lowest BCUT2D eigenvalue weighted by Crippen LogP contribution is -2.65. The van der Waals surface area contributed by atoms with Crippen molar-refractivity contribution in [1.29, 1.82) is 0 Å². The van der Waals surface area contributed by atoms with Crippen molar-refractivity contribution in [3.05, 3.63) is 0 Å². The SMILES string of the molecule is CC(C)C[C@H](NC(=O)OC1(C)CN(C(=O)OC(C)(C)C)C1)C(=O)N[C@@H](C[C@H]1CCNC1=O)C(=O)C(O)S(=O)(=O)[O-]. The van der Waals surface area contributed by atoms with Gasteiger partial charge in [-0.1, -0.05) is 13.8 Å². The molecule has 0 aromatic carbocycles. The van der Waals surface area contributed by atoms with E-state index in [0.29, 0.717) is 6.54 Å². The Morgan fingerprint density at radius 1 is 1.18 bits per heavy atom. The van der Waals surface area contributed by atoms with Gasteiger partial charge in [-0.3, -0.25) is 14.4 Å². The van der Waals surface area contributed by atoms with Gasteiger partial charge in [0.05, 0.1) is 19.1 Å². The van der Waals surface area contributed by atoms with E-state index in [9.17, 15) is 42.0 Å². The number of aliphatic hydroxyl groups is 1. The number of carbonyl (C=O) groups excluding carboxylic acids is 5. The van der Waals surface area contributed by atoms with Gasteiger partial charge in [0, 0.05) is 12.5 Å². The largest absolute Gasteiger partial charge is 0.746 e. The molecule has 0 saturated carbocycles. The fourth-order valence-corrected chi connectivity index (χ4v) is 4.82. The molecular formula is C24H39N4O11S-. The van der Waals surface area contributed by atoms with Gasteiger partial charge in [-0.05, 0) is 52.9 Å². The van der Waals surface area contributed by atoms with Crippen LogP contribution in [0.2, 0.25) is 0 Å². The fourth-order valence-electron chi connectivity index (χ4n) is 4.37. The number of ether oxygens (including phenoxy) is 2. The quantitative estimate of drug-likeness (QED) is 0.226. The summed E-state index contributed by atoms with van der Waals surface area (Å²) in [6.45, 7) is 10.7. The van der Waals surface area contributed by atoms with Gasteiger partial charge in [0.15, 0.2) is 5.78 Å². The first-order valence-electron chi connectivity index (χ1n) is 12.9. The van der Waals surface area contributed by atoms with Crippen LogP contribution in [0, 0.1) is 11.8 Å². The number of nitrogens with zero attached hydrogens (tertiary/aromatic N) is 1. The Labute approximate surface area is 233 Å². The van der Waals surface area contributed by atoms with Gasteiger partial charge < -0.3 is 40.0 Å². The van der Waals surface area contributed by atoms with E-state index in [-0.39, 0.29) is 38.3 Å².